The van der Waals surface area contributed by atoms with E-state index < -0.39 is 0 Å². The second-order valence-corrected chi connectivity index (χ2v) is 7.89. The molecule has 0 saturated heterocycles. The average Bonchev–Trinajstić information content (AvgIpc) is 2.80. The van der Waals surface area contributed by atoms with Crippen molar-refractivity contribution in [2.45, 2.75) is 44.9 Å². The lowest BCUT2D eigenvalue weighted by Gasteiger charge is -2.18. The van der Waals surface area contributed by atoms with Crippen LogP contribution in [0.1, 0.15) is 55.2 Å². The third-order valence-corrected chi connectivity index (χ3v) is 5.42. The molecule has 3 aromatic carbocycles. The zero-order chi connectivity index (χ0) is 21.7. The molecular formula is C28H33NO2. The van der Waals surface area contributed by atoms with Gasteiger partial charge in [-0.3, -0.25) is 4.79 Å². The zero-order valence-corrected chi connectivity index (χ0v) is 18.4. The lowest BCUT2D eigenvalue weighted by atomic mass is 9.88. The van der Waals surface area contributed by atoms with E-state index in [-0.39, 0.29) is 5.97 Å². The molecule has 0 atom stereocenters. The van der Waals surface area contributed by atoms with Crippen LogP contribution in [-0.2, 0) is 11.2 Å². The number of hydrogen-bond donors (Lipinski definition) is 1. The van der Waals surface area contributed by atoms with E-state index in [1.807, 2.05) is 25.1 Å². The summed E-state index contributed by atoms with van der Waals surface area (Å²) in [6, 6.07) is 29.4. The number of benzene rings is 3. The van der Waals surface area contributed by atoms with Crippen LogP contribution in [0.4, 0.5) is 0 Å². The first-order valence-corrected chi connectivity index (χ1v) is 11.4. The molecule has 0 spiro atoms. The number of aryl methyl sites for hydroxylation is 1. The third-order valence-electron chi connectivity index (χ3n) is 5.42. The molecule has 31 heavy (non-hydrogen) atoms. The van der Waals surface area contributed by atoms with Crippen LogP contribution in [0.25, 0.3) is 0 Å². The molecule has 3 aromatic rings. The van der Waals surface area contributed by atoms with Gasteiger partial charge in [-0.15, -0.1) is 0 Å². The average molecular weight is 416 g/mol. The van der Waals surface area contributed by atoms with Crippen LogP contribution < -0.4 is 10.1 Å². The fourth-order valence-electron chi connectivity index (χ4n) is 3.84. The first-order chi connectivity index (χ1) is 15.3. The summed E-state index contributed by atoms with van der Waals surface area (Å²) in [7, 11) is 0. The summed E-state index contributed by atoms with van der Waals surface area (Å²) >= 11 is 0. The van der Waals surface area contributed by atoms with Crippen molar-refractivity contribution in [3.8, 4) is 5.75 Å². The monoisotopic (exact) mass is 415 g/mol. The van der Waals surface area contributed by atoms with Crippen molar-refractivity contribution >= 4 is 5.97 Å². The maximum atomic E-state index is 11.7. The van der Waals surface area contributed by atoms with Crippen LogP contribution in [0.2, 0.25) is 0 Å². The van der Waals surface area contributed by atoms with Gasteiger partial charge >= 0.3 is 5.97 Å². The topological polar surface area (TPSA) is 38.3 Å². The van der Waals surface area contributed by atoms with Gasteiger partial charge in [-0.25, -0.2) is 0 Å². The van der Waals surface area contributed by atoms with Crippen LogP contribution in [0, 0.1) is 0 Å². The van der Waals surface area contributed by atoms with E-state index in [0.29, 0.717) is 18.1 Å². The van der Waals surface area contributed by atoms with Gasteiger partial charge in [0, 0.05) is 12.3 Å². The Morgan fingerprint density at radius 2 is 1.55 bits per heavy atom. The number of carbonyl (C=O) groups is 1. The van der Waals surface area contributed by atoms with Crippen molar-refractivity contribution in [1.29, 1.82) is 0 Å². The number of carbonyl (C=O) groups excluding carboxylic acids is 1. The zero-order valence-electron chi connectivity index (χ0n) is 18.4. The highest BCUT2D eigenvalue weighted by atomic mass is 16.5. The van der Waals surface area contributed by atoms with Crippen LogP contribution >= 0.6 is 0 Å². The van der Waals surface area contributed by atoms with Crippen LogP contribution in [0.15, 0.2) is 84.9 Å². The first-order valence-electron chi connectivity index (χ1n) is 11.4. The van der Waals surface area contributed by atoms with Gasteiger partial charge in [0.25, 0.3) is 0 Å². The summed E-state index contributed by atoms with van der Waals surface area (Å²) in [6.07, 6.45) is 4.35. The molecule has 0 aromatic heterocycles. The SMILES string of the molecule is CCCC(=O)Oc1cccc(CCCNCCC(c2ccccc2)c2ccccc2)c1. The quantitative estimate of drug-likeness (QED) is 0.219. The molecule has 1 N–H and O–H groups in total. The molecule has 3 rings (SSSR count). The minimum Gasteiger partial charge on any atom is -0.427 e. The lowest BCUT2D eigenvalue weighted by molar-refractivity contribution is -0.134. The van der Waals surface area contributed by atoms with Gasteiger partial charge in [-0.1, -0.05) is 79.7 Å². The summed E-state index contributed by atoms with van der Waals surface area (Å²) < 4.78 is 5.40. The van der Waals surface area contributed by atoms with E-state index in [9.17, 15) is 4.79 Å². The van der Waals surface area contributed by atoms with Gasteiger partial charge in [0.05, 0.1) is 0 Å². The lowest BCUT2D eigenvalue weighted by Crippen LogP contribution is -2.19. The molecule has 0 fully saturated rings. The van der Waals surface area contributed by atoms with E-state index >= 15 is 0 Å². The van der Waals surface area contributed by atoms with Gasteiger partial charge in [0.15, 0.2) is 0 Å². The second kappa shape index (κ2) is 12.7. The Hall–Kier alpha value is -2.91. The molecule has 0 radical (unpaired) electrons. The van der Waals surface area contributed by atoms with Crippen LogP contribution in [0.3, 0.4) is 0 Å². The van der Waals surface area contributed by atoms with Crippen LogP contribution in [-0.4, -0.2) is 19.1 Å². The maximum Gasteiger partial charge on any atom is 0.311 e. The molecule has 0 aliphatic rings. The van der Waals surface area contributed by atoms with Gasteiger partial charge in [0.2, 0.25) is 0 Å². The normalized spacial score (nSPS) is 10.9. The Morgan fingerprint density at radius 1 is 0.871 bits per heavy atom. The summed E-state index contributed by atoms with van der Waals surface area (Å²) in [5.41, 5.74) is 3.94. The maximum absolute atomic E-state index is 11.7. The molecular weight excluding hydrogens is 382 g/mol. The predicted octanol–water partition coefficient (Wildman–Crippen LogP) is 6.14. The number of ether oxygens (including phenoxy) is 1. The van der Waals surface area contributed by atoms with Crippen molar-refractivity contribution in [3.63, 3.8) is 0 Å². The fourth-order valence-corrected chi connectivity index (χ4v) is 3.84. The number of nitrogens with one attached hydrogen (secondary N) is 1. The molecule has 0 aliphatic carbocycles. The highest BCUT2D eigenvalue weighted by molar-refractivity contribution is 5.72. The fraction of sp³-hybridized carbons (Fsp3) is 0.321. The molecule has 0 unspecified atom stereocenters. The van der Waals surface area contributed by atoms with Crippen molar-refractivity contribution < 1.29 is 9.53 Å². The van der Waals surface area contributed by atoms with Crippen molar-refractivity contribution in [1.82, 2.24) is 5.32 Å². The van der Waals surface area contributed by atoms with Crippen LogP contribution in [0.5, 0.6) is 5.75 Å². The molecule has 0 bridgehead atoms. The van der Waals surface area contributed by atoms with Gasteiger partial charge in [-0.05, 0) is 67.6 Å². The Bertz CT molecular complexity index is 869. The Kier molecular flexibility index (Phi) is 9.33. The van der Waals surface area contributed by atoms with Gasteiger partial charge < -0.3 is 10.1 Å². The van der Waals surface area contributed by atoms with E-state index in [4.69, 9.17) is 4.74 Å². The molecule has 0 heterocycles. The molecule has 162 valence electrons. The Labute approximate surface area is 186 Å². The third kappa shape index (κ3) is 7.69. The minimum atomic E-state index is -0.160. The second-order valence-electron chi connectivity index (χ2n) is 7.89. The summed E-state index contributed by atoms with van der Waals surface area (Å²) in [5.74, 6) is 0.898. The minimum absolute atomic E-state index is 0.160. The number of rotatable bonds is 12. The molecule has 0 saturated carbocycles. The number of hydrogen-bond acceptors (Lipinski definition) is 3. The van der Waals surface area contributed by atoms with Crippen molar-refractivity contribution in [3.05, 3.63) is 102 Å². The van der Waals surface area contributed by atoms with E-state index in [2.05, 4.69) is 72.0 Å². The predicted molar refractivity (Wildman–Crippen MR) is 128 cm³/mol. The molecule has 3 heteroatoms. The molecule has 0 aliphatic heterocycles. The Balaban J connectivity index is 1.43. The molecule has 3 nitrogen and oxygen atoms in total. The van der Waals surface area contributed by atoms with E-state index in [1.54, 1.807) is 0 Å². The smallest absolute Gasteiger partial charge is 0.311 e. The van der Waals surface area contributed by atoms with E-state index in [0.717, 1.165) is 38.8 Å². The van der Waals surface area contributed by atoms with Crippen molar-refractivity contribution in [2.75, 3.05) is 13.1 Å². The standard InChI is InChI=1S/C28H33NO2/c1-2-11-28(30)31-26-18-9-12-23(22-26)13-10-20-29-21-19-27(24-14-5-3-6-15-24)25-16-7-4-8-17-25/h3-9,12,14-18,22,27,29H,2,10-11,13,19-21H2,1H3. The summed E-state index contributed by atoms with van der Waals surface area (Å²) in [5, 5.41) is 3.60. The highest BCUT2D eigenvalue weighted by Gasteiger charge is 2.13. The van der Waals surface area contributed by atoms with Gasteiger partial charge in [-0.2, -0.15) is 0 Å². The summed E-state index contributed by atoms with van der Waals surface area (Å²) in [6.45, 7) is 3.92. The highest BCUT2D eigenvalue weighted by Crippen LogP contribution is 2.27. The first kappa shape index (κ1) is 22.8. The van der Waals surface area contributed by atoms with Gasteiger partial charge in [0.1, 0.15) is 5.75 Å². The molecule has 0 amide bonds. The Morgan fingerprint density at radius 3 is 2.19 bits per heavy atom. The number of esters is 1. The van der Waals surface area contributed by atoms with E-state index in [1.165, 1.54) is 16.7 Å². The largest absolute Gasteiger partial charge is 0.427 e. The summed E-state index contributed by atoms with van der Waals surface area (Å²) in [4.78, 5) is 11.7. The van der Waals surface area contributed by atoms with Crippen molar-refractivity contribution in [2.24, 2.45) is 0 Å².